The van der Waals surface area contributed by atoms with Crippen LogP contribution in [0.2, 0.25) is 0 Å². The normalized spacial score (nSPS) is 20.9. The first kappa shape index (κ1) is 38.6. The van der Waals surface area contributed by atoms with Gasteiger partial charge in [-0.3, -0.25) is 28.1 Å². The number of carbonyl (C=O) groups is 1. The van der Waals surface area contributed by atoms with Crippen LogP contribution >= 0.6 is 0 Å². The number of carbonyl (C=O) groups excluding carboxylic acids is 1. The number of aromatic amines is 1. The van der Waals surface area contributed by atoms with Gasteiger partial charge in [-0.05, 0) is 112 Å². The van der Waals surface area contributed by atoms with Crippen molar-refractivity contribution >= 4 is 22.3 Å². The number of halogens is 2. The van der Waals surface area contributed by atoms with Crippen molar-refractivity contribution in [1.82, 2.24) is 48.1 Å². The summed E-state index contributed by atoms with van der Waals surface area (Å²) in [5.41, 5.74) is 5.87. The zero-order valence-corrected chi connectivity index (χ0v) is 36.0. The number of nitrogens with zero attached hydrogens (tertiary/aromatic N) is 9. The Balaban J connectivity index is 1.02. The SMILES string of the molecule is Cn1ncc2c(F)c(-n3ccn(-c4c5c(nn4-c4ccc(F)c(C6CC6)c4)CCN4C(=O)c6c(C7(c8noc(=O)[nH]8)CC7)c7ccc([C@@H]8CCOC(C)(C)C8)cn7c6C[C@@H]54)c3=O)ccc21. The highest BCUT2D eigenvalue weighted by Crippen LogP contribution is 2.57. The molecule has 17 heteroatoms. The molecule has 3 fully saturated rings. The number of ether oxygens (including phenoxy) is 1. The minimum Gasteiger partial charge on any atom is -0.376 e. The highest BCUT2D eigenvalue weighted by Gasteiger charge is 2.55. The minimum atomic E-state index is -0.723. The number of amides is 1. The molecule has 1 N–H and O–H groups in total. The molecule has 15 nitrogen and oxygen atoms in total. The summed E-state index contributed by atoms with van der Waals surface area (Å²) in [6, 6.07) is 11.9. The van der Waals surface area contributed by atoms with Gasteiger partial charge in [0.1, 0.15) is 11.6 Å². The van der Waals surface area contributed by atoms with E-state index in [1.54, 1.807) is 40.8 Å². The molecule has 2 aromatic carbocycles. The van der Waals surface area contributed by atoms with Crippen molar-refractivity contribution in [3.8, 4) is 17.2 Å². The van der Waals surface area contributed by atoms with Crippen LogP contribution in [0, 0.1) is 11.6 Å². The molecule has 8 aromatic rings. The van der Waals surface area contributed by atoms with Gasteiger partial charge >= 0.3 is 11.4 Å². The van der Waals surface area contributed by atoms with Gasteiger partial charge in [0, 0.05) is 68.5 Å². The molecule has 65 heavy (non-hydrogen) atoms. The Kier molecular flexibility index (Phi) is 7.92. The summed E-state index contributed by atoms with van der Waals surface area (Å²) in [5.74, 6) is -0.569. The molecule has 3 aliphatic heterocycles. The molecule has 330 valence electrons. The van der Waals surface area contributed by atoms with Gasteiger partial charge in [-0.2, -0.15) is 10.2 Å². The van der Waals surface area contributed by atoms with Gasteiger partial charge in [0.15, 0.2) is 11.6 Å². The number of hydrogen-bond donors (Lipinski definition) is 1. The van der Waals surface area contributed by atoms with Crippen molar-refractivity contribution < 1.29 is 22.8 Å². The van der Waals surface area contributed by atoms with Gasteiger partial charge < -0.3 is 14.0 Å². The number of imidazole rings is 1. The number of H-pyrrole nitrogens is 1. The fourth-order valence-corrected chi connectivity index (χ4v) is 11.4. The van der Waals surface area contributed by atoms with Crippen LogP contribution < -0.4 is 11.4 Å². The Hall–Kier alpha value is -6.88. The maximum atomic E-state index is 16.2. The summed E-state index contributed by atoms with van der Waals surface area (Å²) >= 11 is 0. The molecule has 0 bridgehead atoms. The molecular formula is C48H44F2N10O5. The van der Waals surface area contributed by atoms with Crippen LogP contribution in [0.25, 0.3) is 33.6 Å². The van der Waals surface area contributed by atoms with Crippen molar-refractivity contribution in [3.05, 3.63) is 145 Å². The first-order valence-electron chi connectivity index (χ1n) is 22.4. The lowest BCUT2D eigenvalue weighted by Gasteiger charge is -2.39. The molecule has 5 aliphatic rings. The van der Waals surface area contributed by atoms with Gasteiger partial charge in [0.2, 0.25) is 0 Å². The van der Waals surface area contributed by atoms with E-state index < -0.39 is 28.7 Å². The average Bonchev–Trinajstić information content (AvgIpc) is 4.06. The largest absolute Gasteiger partial charge is 0.438 e. The van der Waals surface area contributed by atoms with Crippen LogP contribution in [0.5, 0.6) is 0 Å². The zero-order valence-electron chi connectivity index (χ0n) is 36.0. The number of hydrogen-bond acceptors (Lipinski definition) is 8. The third-order valence-electron chi connectivity index (χ3n) is 14.8. The molecular weight excluding hydrogens is 835 g/mol. The third kappa shape index (κ3) is 5.59. The lowest BCUT2D eigenvalue weighted by atomic mass is 9.84. The summed E-state index contributed by atoms with van der Waals surface area (Å²) < 4.78 is 50.9. The zero-order chi connectivity index (χ0) is 44.3. The summed E-state index contributed by atoms with van der Waals surface area (Å²) in [4.78, 5) is 47.4. The van der Waals surface area contributed by atoms with Gasteiger partial charge in [0.05, 0.1) is 62.3 Å². The standard InChI is InChI=1S/C48H44F2N10O5/c1-47(2)22-26(13-19-64-47)27-6-9-34-40(48(14-15-48)44-52-45(62)65-54-44)39-37(59(34)24-27)21-36-38-32(12-16-56(36)43(39)61)53-60(28-7-8-31(49)29(20-28)25-4-5-25)42(38)58-18-17-57(46(58)63)35-11-10-33-30(41(35)50)23-51-55(33)3/h6-11,17-18,20,23-26,36H,4-5,12-16,19,21-22H2,1-3H3,(H,52,54,62)/t26-,36+/m1/s1. The second-order valence-electron chi connectivity index (χ2n) is 19.2. The molecule has 2 aliphatic carbocycles. The maximum Gasteiger partial charge on any atom is 0.438 e. The topological polar surface area (TPSA) is 155 Å². The molecule has 9 heterocycles. The Morgan fingerprint density at radius 1 is 0.938 bits per heavy atom. The summed E-state index contributed by atoms with van der Waals surface area (Å²) in [6.07, 6.45) is 12.3. The van der Waals surface area contributed by atoms with E-state index in [2.05, 4.69) is 51.8 Å². The van der Waals surface area contributed by atoms with E-state index in [9.17, 15) is 9.59 Å². The van der Waals surface area contributed by atoms with E-state index in [0.29, 0.717) is 84.1 Å². The van der Waals surface area contributed by atoms with Crippen molar-refractivity contribution in [2.24, 2.45) is 7.05 Å². The number of fused-ring (bicyclic) bond motifs is 7. The molecule has 2 saturated carbocycles. The third-order valence-corrected chi connectivity index (χ3v) is 14.8. The average molecular weight is 879 g/mol. The highest BCUT2D eigenvalue weighted by atomic mass is 19.1. The van der Waals surface area contributed by atoms with Crippen LogP contribution in [-0.4, -0.2) is 72.8 Å². The van der Waals surface area contributed by atoms with E-state index in [1.165, 1.54) is 27.6 Å². The summed E-state index contributed by atoms with van der Waals surface area (Å²) in [5, 5.41) is 13.9. The minimum absolute atomic E-state index is 0.0597. The van der Waals surface area contributed by atoms with Crippen molar-refractivity contribution in [1.29, 1.82) is 0 Å². The molecule has 0 radical (unpaired) electrons. The van der Waals surface area contributed by atoms with Gasteiger partial charge in [-0.15, -0.1) is 0 Å². The molecule has 1 amide bonds. The molecule has 13 rings (SSSR count). The van der Waals surface area contributed by atoms with Gasteiger partial charge in [-0.1, -0.05) is 11.2 Å². The predicted molar refractivity (Wildman–Crippen MR) is 232 cm³/mol. The van der Waals surface area contributed by atoms with Crippen molar-refractivity contribution in [2.45, 2.75) is 94.1 Å². The molecule has 6 aromatic heterocycles. The fraction of sp³-hybridized carbons (Fsp3) is 0.375. The number of aryl methyl sites for hydroxylation is 1. The molecule has 2 atom stereocenters. The quantitative estimate of drug-likeness (QED) is 0.183. The smallest absolute Gasteiger partial charge is 0.376 e. The molecule has 0 spiro atoms. The number of benzene rings is 2. The Labute approximate surface area is 368 Å². The number of pyridine rings is 1. The van der Waals surface area contributed by atoms with Crippen molar-refractivity contribution in [3.63, 3.8) is 0 Å². The van der Waals surface area contributed by atoms with Crippen LogP contribution in [0.1, 0.15) is 120 Å². The first-order chi connectivity index (χ1) is 31.4. The molecule has 1 saturated heterocycles. The lowest BCUT2D eigenvalue weighted by molar-refractivity contribution is -0.0593. The summed E-state index contributed by atoms with van der Waals surface area (Å²) in [6.45, 7) is 5.22. The van der Waals surface area contributed by atoms with Gasteiger partial charge in [-0.25, -0.2) is 23.1 Å². The van der Waals surface area contributed by atoms with E-state index in [1.807, 2.05) is 11.0 Å². The van der Waals surface area contributed by atoms with E-state index in [0.717, 1.165) is 48.0 Å². The van der Waals surface area contributed by atoms with Crippen molar-refractivity contribution in [2.75, 3.05) is 13.2 Å². The van der Waals surface area contributed by atoms with Crippen LogP contribution in [0.15, 0.2) is 81.4 Å². The lowest BCUT2D eigenvalue weighted by Crippen LogP contribution is -2.45. The first-order valence-corrected chi connectivity index (χ1v) is 22.4. The predicted octanol–water partition coefficient (Wildman–Crippen LogP) is 6.83. The Morgan fingerprint density at radius 2 is 1.75 bits per heavy atom. The molecule has 0 unspecified atom stereocenters. The number of nitrogens with one attached hydrogen (secondary N) is 1. The van der Waals surface area contributed by atoms with E-state index in [-0.39, 0.29) is 40.2 Å². The van der Waals surface area contributed by atoms with Crippen LogP contribution in [0.4, 0.5) is 8.78 Å². The summed E-state index contributed by atoms with van der Waals surface area (Å²) in [7, 11) is 1.73. The second-order valence-corrected chi connectivity index (χ2v) is 19.2. The monoisotopic (exact) mass is 878 g/mol. The Morgan fingerprint density at radius 3 is 2.52 bits per heavy atom. The van der Waals surface area contributed by atoms with Crippen LogP contribution in [-0.2, 0) is 30.0 Å². The van der Waals surface area contributed by atoms with Gasteiger partial charge in [0.25, 0.3) is 5.91 Å². The fourth-order valence-electron chi connectivity index (χ4n) is 11.4. The number of aromatic nitrogens is 9. The maximum absolute atomic E-state index is 16.2. The van der Waals surface area contributed by atoms with E-state index in [4.69, 9.17) is 14.4 Å². The van der Waals surface area contributed by atoms with Crippen LogP contribution in [0.3, 0.4) is 0 Å². The number of rotatable bonds is 7. The van der Waals surface area contributed by atoms with E-state index >= 15 is 13.6 Å². The Bertz CT molecular complexity index is 3460. The highest BCUT2D eigenvalue weighted by molar-refractivity contribution is 6.02. The second kappa shape index (κ2) is 13.3.